The van der Waals surface area contributed by atoms with E-state index in [0.717, 1.165) is 0 Å². The molecule has 0 spiro atoms. The molecule has 3 nitrogen and oxygen atoms in total. The average Bonchev–Trinajstić information content (AvgIpc) is 1.35. The fraction of sp³-hybridized carbons (Fsp3) is 0. The molecule has 0 aliphatic heterocycles. The summed E-state index contributed by atoms with van der Waals surface area (Å²) in [4.78, 5) is 9.11. The Bertz CT molecular complexity index is 125. The zero-order valence-corrected chi connectivity index (χ0v) is 5.72. The van der Waals surface area contributed by atoms with E-state index in [0.29, 0.717) is 0 Å². The van der Waals surface area contributed by atoms with Crippen LogP contribution in [0.3, 0.4) is 0 Å². The third-order valence-corrected chi connectivity index (χ3v) is 0.563. The van der Waals surface area contributed by atoms with Gasteiger partial charge in [-0.05, 0) is 0 Å². The van der Waals surface area contributed by atoms with E-state index in [2.05, 4.69) is 10.7 Å². The van der Waals surface area contributed by atoms with E-state index < -0.39 is 9.05 Å². The van der Waals surface area contributed by atoms with Gasteiger partial charge in [0.15, 0.2) is 0 Å². The fourth-order valence-corrected chi connectivity index (χ4v) is 0. The predicted molar refractivity (Wildman–Crippen MR) is 21.5 cm³/mol. The van der Waals surface area contributed by atoms with E-state index >= 15 is 0 Å². The summed E-state index contributed by atoms with van der Waals surface area (Å²) in [5.74, 6) is 0. The molecule has 0 saturated heterocycles. The van der Waals surface area contributed by atoms with Crippen molar-refractivity contribution in [3.63, 3.8) is 0 Å². The van der Waals surface area contributed by atoms with Crippen molar-refractivity contribution in [1.29, 1.82) is 0 Å². The summed E-state index contributed by atoms with van der Waals surface area (Å²) in [5, 5.41) is 0. The first kappa shape index (κ1) is 10.4. The van der Waals surface area contributed by atoms with Gasteiger partial charge >= 0.3 is 0 Å². The summed E-state index contributed by atoms with van der Waals surface area (Å²) in [6, 6.07) is 0. The third kappa shape index (κ3) is 10.7. The Hall–Kier alpha value is 0.429. The van der Waals surface area contributed by atoms with Crippen molar-refractivity contribution in [2.75, 3.05) is 0 Å². The summed E-state index contributed by atoms with van der Waals surface area (Å²) < 4.78 is 18.8. The molecule has 0 bridgehead atoms. The van der Waals surface area contributed by atoms with Gasteiger partial charge in [-0.2, -0.15) is 0 Å². The van der Waals surface area contributed by atoms with Gasteiger partial charge in [0.1, 0.15) is 0 Å². The number of hydrogen-bond donors (Lipinski definition) is 0. The predicted octanol–water partition coefficient (Wildman–Crippen LogP) is -0.257. The van der Waals surface area contributed by atoms with Crippen molar-refractivity contribution in [1.82, 2.24) is 0 Å². The van der Waals surface area contributed by atoms with Crippen LogP contribution in [0.15, 0.2) is 0 Å². The molecule has 0 atom stereocenters. The third-order valence-electron chi connectivity index (χ3n) is 0.115. The van der Waals surface area contributed by atoms with E-state index in [4.69, 9.17) is 4.79 Å². The van der Waals surface area contributed by atoms with Gasteiger partial charge in [-0.15, -0.1) is 0 Å². The van der Waals surface area contributed by atoms with Crippen molar-refractivity contribution < 1.29 is 30.3 Å². The number of rotatable bonds is 1. The molecule has 0 fully saturated rings. The summed E-state index contributed by atoms with van der Waals surface area (Å²) in [7, 11) is 0.451. The molecule has 7 heavy (non-hydrogen) atoms. The molecule has 0 heterocycles. The van der Waals surface area contributed by atoms with Gasteiger partial charge in [0.25, 0.3) is 9.05 Å². The molecule has 0 aromatic carbocycles. The van der Waals surface area contributed by atoms with Crippen LogP contribution in [-0.4, -0.2) is 14.0 Å². The Morgan fingerprint density at radius 1 is 1.43 bits per heavy atom. The van der Waals surface area contributed by atoms with E-state index in [1.54, 1.807) is 0 Å². The molecule has 0 N–H and O–H groups in total. The van der Waals surface area contributed by atoms with Gasteiger partial charge < -0.3 is 0 Å². The van der Waals surface area contributed by atoms with Gasteiger partial charge in [-0.25, -0.2) is 8.42 Å². The molecule has 0 amide bonds. The molecular weight excluding hydrogens is 182 g/mol. The minimum atomic E-state index is -3.87. The van der Waals surface area contributed by atoms with E-state index in [9.17, 15) is 8.42 Å². The van der Waals surface area contributed by atoms with Crippen molar-refractivity contribution in [3.8, 4) is 0 Å². The molecule has 0 unspecified atom stereocenters. The number of carbonyl (C=O) groups is 1. The molecule has 43 valence electrons. The summed E-state index contributed by atoms with van der Waals surface area (Å²) in [5.41, 5.74) is -0.325. The van der Waals surface area contributed by atoms with Crippen LogP contribution in [0, 0.1) is 0 Å². The van der Waals surface area contributed by atoms with Crippen molar-refractivity contribution in [2.24, 2.45) is 0 Å². The van der Waals surface area contributed by atoms with Gasteiger partial charge in [0.2, 0.25) is 5.62 Å². The Morgan fingerprint density at radius 3 is 1.57 bits per heavy atom. The molecule has 1 radical (unpaired) electrons. The maximum Gasteiger partial charge on any atom is 0.291 e. The number of carbonyl (C=O) groups excluding carboxylic acids is 1. The van der Waals surface area contributed by atoms with E-state index in [-0.39, 0.29) is 22.7 Å². The molecule has 0 aromatic heterocycles. The van der Waals surface area contributed by atoms with Gasteiger partial charge in [-0.3, -0.25) is 4.79 Å². The second kappa shape index (κ2) is 3.43. The van der Waals surface area contributed by atoms with Crippen LogP contribution in [0.25, 0.3) is 0 Å². The van der Waals surface area contributed by atoms with Gasteiger partial charge in [0.05, 0.1) is 0 Å². The van der Waals surface area contributed by atoms with Crippen LogP contribution in [0.1, 0.15) is 0 Å². The Labute approximate surface area is 55.9 Å². The van der Waals surface area contributed by atoms with Crippen molar-refractivity contribution in [3.05, 3.63) is 0 Å². The molecular formula is CHClMnO3S. The first-order valence-electron chi connectivity index (χ1n) is 0.959. The summed E-state index contributed by atoms with van der Waals surface area (Å²) in [6.07, 6.45) is 0. The van der Waals surface area contributed by atoms with Crippen LogP contribution in [0.2, 0.25) is 0 Å². The van der Waals surface area contributed by atoms with Gasteiger partial charge in [0, 0.05) is 27.8 Å². The van der Waals surface area contributed by atoms with E-state index in [1.165, 1.54) is 0 Å². The standard InChI is InChI=1S/CHClO3S.Mn/c2-6(4,5)1-3;/h1H;. The molecule has 0 aliphatic carbocycles. The maximum atomic E-state index is 9.40. The zero-order chi connectivity index (χ0) is 5.21. The fourth-order valence-electron chi connectivity index (χ4n) is 0. The molecule has 6 heteroatoms. The summed E-state index contributed by atoms with van der Waals surface area (Å²) in [6.45, 7) is 0. The first-order chi connectivity index (χ1) is 2.56. The minimum absolute atomic E-state index is 0. The minimum Gasteiger partial charge on any atom is -0.284 e. The van der Waals surface area contributed by atoms with Crippen LogP contribution < -0.4 is 0 Å². The monoisotopic (exact) mass is 183 g/mol. The average molecular weight is 183 g/mol. The largest absolute Gasteiger partial charge is 0.291 e. The molecule has 0 aromatic rings. The molecule has 0 saturated carbocycles. The molecule has 0 rings (SSSR count). The zero-order valence-electron chi connectivity index (χ0n) is 2.97. The SMILES string of the molecule is O=CS(=O)(=O)Cl.[Mn]. The number of hydrogen-bond acceptors (Lipinski definition) is 3. The smallest absolute Gasteiger partial charge is 0.284 e. The quantitative estimate of drug-likeness (QED) is 0.320. The Kier molecular flexibility index (Phi) is 5.11. The maximum absolute atomic E-state index is 9.40. The van der Waals surface area contributed by atoms with Crippen molar-refractivity contribution >= 4 is 25.4 Å². The Balaban J connectivity index is 0. The normalized spacial score (nSPS) is 9.29. The van der Waals surface area contributed by atoms with Crippen LogP contribution in [-0.2, 0) is 30.9 Å². The second-order valence-electron chi connectivity index (χ2n) is 0.572. The van der Waals surface area contributed by atoms with Crippen molar-refractivity contribution in [2.45, 2.75) is 0 Å². The van der Waals surface area contributed by atoms with Gasteiger partial charge in [-0.1, -0.05) is 0 Å². The van der Waals surface area contributed by atoms with Crippen LogP contribution in [0.5, 0.6) is 0 Å². The first-order valence-corrected chi connectivity index (χ1v) is 3.33. The topological polar surface area (TPSA) is 51.2 Å². The molecule has 0 aliphatic rings. The van der Waals surface area contributed by atoms with Crippen LogP contribution in [0.4, 0.5) is 0 Å². The second-order valence-corrected chi connectivity index (χ2v) is 3.01. The Morgan fingerprint density at radius 2 is 1.57 bits per heavy atom. The number of halogens is 1. The van der Waals surface area contributed by atoms with E-state index in [1.807, 2.05) is 0 Å². The van der Waals surface area contributed by atoms with Crippen LogP contribution >= 0.6 is 10.7 Å². The summed E-state index contributed by atoms with van der Waals surface area (Å²) >= 11 is 0.